The molecule has 0 saturated carbocycles. The molecule has 2 spiro atoms. The minimum Gasteiger partial charge on any atom is -0.493 e. The Balaban J connectivity index is 0.000000521. The van der Waals surface area contributed by atoms with Crippen LogP contribution in [0.3, 0.4) is 0 Å². The molecule has 10 rings (SSSR count). The summed E-state index contributed by atoms with van der Waals surface area (Å²) in [5.41, 5.74) is 2.74. The van der Waals surface area contributed by atoms with Crippen molar-refractivity contribution >= 4 is 171 Å². The number of carbonyl (C=O) groups is 4. The number of piperidine rings is 2. The summed E-state index contributed by atoms with van der Waals surface area (Å²) in [7, 11) is 6.38. The maximum Gasteiger partial charge on any atom is 0.415 e. The molecule has 34 heteroatoms. The van der Waals surface area contributed by atoms with E-state index in [1.807, 2.05) is 36.4 Å². The number of hydrogen-bond acceptors (Lipinski definition) is 12. The Labute approximate surface area is 681 Å². The van der Waals surface area contributed by atoms with Crippen molar-refractivity contribution in [2.75, 3.05) is 94.8 Å². The number of carbonyl (C=O) groups excluding carboxylic acids is 4. The van der Waals surface area contributed by atoms with Gasteiger partial charge in [0.1, 0.15) is 12.8 Å². The van der Waals surface area contributed by atoms with Crippen molar-refractivity contribution in [2.24, 2.45) is 0 Å². The highest BCUT2D eigenvalue weighted by atomic mass is 35.5. The minimum absolute atomic E-state index is 0. The largest absolute Gasteiger partial charge is 0.493 e. The summed E-state index contributed by atoms with van der Waals surface area (Å²) in [6.45, 7) is 3.40. The highest BCUT2D eigenvalue weighted by Gasteiger charge is 2.50. The summed E-state index contributed by atoms with van der Waals surface area (Å²) in [6.07, 6.45) is -10.0. The number of para-hydroxylation sites is 4. The second-order valence-corrected chi connectivity index (χ2v) is 30.9. The molecule has 4 amide bonds. The highest BCUT2D eigenvalue weighted by molar-refractivity contribution is 7.85. The summed E-state index contributed by atoms with van der Waals surface area (Å²) in [6, 6.07) is 38.9. The zero-order chi connectivity index (χ0) is 72.5. The van der Waals surface area contributed by atoms with E-state index >= 15 is 0 Å². The number of halogens is 12. The van der Waals surface area contributed by atoms with Gasteiger partial charge in [0.2, 0.25) is 11.8 Å². The number of hydrogen-bond donors (Lipinski definition) is 0. The molecular formula is C72H90Cl6F6N6O10S6. The number of fused-ring (bicyclic) bond motifs is 4. The van der Waals surface area contributed by atoms with E-state index < -0.39 is 81.9 Å². The number of likely N-dealkylation sites (tertiary alicyclic amines) is 2. The number of benzene rings is 6. The number of alkyl halides is 6. The van der Waals surface area contributed by atoms with Gasteiger partial charge in [0, 0.05) is 74.4 Å². The highest BCUT2D eigenvalue weighted by Crippen LogP contribution is 2.49. The lowest BCUT2D eigenvalue weighted by atomic mass is 9.82. The number of amides is 4. The number of methoxy groups -OCH3 is 2. The molecule has 0 radical (unpaired) electrons. The van der Waals surface area contributed by atoms with E-state index in [9.17, 15) is 53.9 Å². The first-order valence-corrected chi connectivity index (χ1v) is 36.6. The van der Waals surface area contributed by atoms with Crippen molar-refractivity contribution in [3.63, 3.8) is 0 Å². The molecule has 2 saturated heterocycles. The summed E-state index contributed by atoms with van der Waals surface area (Å²) in [4.78, 5) is 62.8. The van der Waals surface area contributed by atoms with E-state index in [-0.39, 0.29) is 146 Å². The third kappa shape index (κ3) is 22.3. The molecule has 16 nitrogen and oxygen atoms in total. The van der Waals surface area contributed by atoms with E-state index in [4.69, 9.17) is 65.4 Å². The summed E-state index contributed by atoms with van der Waals surface area (Å²) < 4.78 is 128. The van der Waals surface area contributed by atoms with Crippen LogP contribution in [0.25, 0.3) is 0 Å². The third-order valence-corrected chi connectivity index (χ3v) is 25.4. The predicted octanol–water partition coefficient (Wildman–Crippen LogP) is 16.8. The molecule has 588 valence electrons. The van der Waals surface area contributed by atoms with E-state index in [1.54, 1.807) is 84.9 Å². The van der Waals surface area contributed by atoms with Gasteiger partial charge in [-0.1, -0.05) is 131 Å². The van der Waals surface area contributed by atoms with E-state index in [2.05, 4.69) is 21.9 Å². The van der Waals surface area contributed by atoms with Gasteiger partial charge in [0.15, 0.2) is 23.0 Å². The van der Waals surface area contributed by atoms with Gasteiger partial charge in [-0.25, -0.2) is 9.59 Å². The van der Waals surface area contributed by atoms with Gasteiger partial charge >= 0.3 is 24.5 Å². The van der Waals surface area contributed by atoms with E-state index in [0.29, 0.717) is 86.2 Å². The fourth-order valence-electron chi connectivity index (χ4n) is 14.2. The monoisotopic (exact) mass is 1710 g/mol. The first-order valence-electron chi connectivity index (χ1n) is 32.5. The van der Waals surface area contributed by atoms with Crippen LogP contribution in [-0.4, -0.2) is 169 Å². The molecule has 0 aliphatic carbocycles. The minimum atomic E-state index is -4.72. The number of nitrogens with zero attached hydrogens (tertiary/aromatic N) is 6. The van der Waals surface area contributed by atoms with Crippen molar-refractivity contribution in [1.82, 2.24) is 29.4 Å². The van der Waals surface area contributed by atoms with Gasteiger partial charge in [0.25, 0.3) is 0 Å². The second kappa shape index (κ2) is 41.0. The fraction of sp³-hybridized carbons (Fsp3) is 0.444. The molecule has 4 aliphatic rings. The SMILES string of the molecule is COc1ccccc1OC(=O)N(C)[C@](CCCN1CCC2(CC1)c1ccccc1CS2=O)(CN(C)C(=O)CC(F)(F)F)c1ccc(Cl)c(Cl)c1.COc1ccccc1OC(=O)N(C)[C@](CCCN1CCC2(CC1)c1ccccc1CS2=O)(CN(C)C(=O)CC(F)(F)F)c1ccc(Cl)c(Cl)c1.Cl.Cl.S.S.S.S. The van der Waals surface area contributed by atoms with Crippen LogP contribution in [0.15, 0.2) is 133 Å². The summed E-state index contributed by atoms with van der Waals surface area (Å²) in [5.74, 6) is -0.296. The smallest absolute Gasteiger partial charge is 0.415 e. The Kier molecular flexibility index (Phi) is 37.0. The van der Waals surface area contributed by atoms with Crippen LogP contribution >= 0.6 is 125 Å². The zero-order valence-electron chi connectivity index (χ0n) is 59.0. The van der Waals surface area contributed by atoms with Gasteiger partial charge in [-0.05, 0) is 173 Å². The van der Waals surface area contributed by atoms with Crippen LogP contribution in [-0.2, 0) is 63.3 Å². The van der Waals surface area contributed by atoms with Gasteiger partial charge in [-0.2, -0.15) is 80.3 Å². The first-order chi connectivity index (χ1) is 47.4. The number of rotatable bonds is 22. The zero-order valence-corrected chi connectivity index (χ0v) is 69.3. The Bertz CT molecular complexity index is 3750. The second-order valence-electron chi connectivity index (χ2n) is 25.7. The average molecular weight is 1720 g/mol. The van der Waals surface area contributed by atoms with Crippen LogP contribution in [0.1, 0.15) is 97.6 Å². The molecule has 6 aromatic carbocycles. The Morgan fingerprint density at radius 2 is 0.783 bits per heavy atom. The third-order valence-electron chi connectivity index (χ3n) is 19.7. The maximum atomic E-state index is 13.9. The Morgan fingerprint density at radius 3 is 1.09 bits per heavy atom. The lowest BCUT2D eigenvalue weighted by Crippen LogP contribution is -2.55. The van der Waals surface area contributed by atoms with Crippen molar-refractivity contribution in [3.05, 3.63) is 187 Å². The molecule has 2 unspecified atom stereocenters. The number of likely N-dealkylation sites (N-methyl/N-ethyl adjacent to an activating group) is 4. The fourth-order valence-corrected chi connectivity index (χ4v) is 18.6. The van der Waals surface area contributed by atoms with Crippen molar-refractivity contribution in [1.29, 1.82) is 0 Å². The quantitative estimate of drug-likeness (QED) is 0.0593. The van der Waals surface area contributed by atoms with Gasteiger partial charge in [-0.3, -0.25) is 27.8 Å². The normalized spacial score (nSPS) is 17.2. The van der Waals surface area contributed by atoms with Crippen LogP contribution in [0.4, 0.5) is 35.9 Å². The summed E-state index contributed by atoms with van der Waals surface area (Å²) >= 11 is 25.5. The lowest BCUT2D eigenvalue weighted by molar-refractivity contribution is -0.163. The molecule has 2 fully saturated rings. The van der Waals surface area contributed by atoms with Gasteiger partial charge in [0.05, 0.1) is 54.9 Å². The molecule has 4 heterocycles. The molecule has 106 heavy (non-hydrogen) atoms. The molecular weight excluding hydrogens is 1630 g/mol. The Morgan fingerprint density at radius 1 is 0.472 bits per heavy atom. The molecule has 4 aliphatic heterocycles. The predicted molar refractivity (Wildman–Crippen MR) is 432 cm³/mol. The number of ether oxygens (including phenoxy) is 4. The lowest BCUT2D eigenvalue weighted by Gasteiger charge is -2.45. The van der Waals surface area contributed by atoms with Crippen LogP contribution in [0.2, 0.25) is 20.1 Å². The first kappa shape index (κ1) is 95.5. The van der Waals surface area contributed by atoms with Gasteiger partial charge in [-0.15, -0.1) is 24.8 Å². The molecule has 0 aromatic heterocycles. The maximum absolute atomic E-state index is 13.9. The van der Waals surface area contributed by atoms with Crippen molar-refractivity contribution in [2.45, 2.75) is 109 Å². The molecule has 4 atom stereocenters. The van der Waals surface area contributed by atoms with E-state index in [1.165, 1.54) is 63.3 Å². The topological polar surface area (TPSA) is 159 Å². The molecule has 0 N–H and O–H groups in total. The van der Waals surface area contributed by atoms with Crippen LogP contribution in [0, 0.1) is 0 Å². The Hall–Kier alpha value is -4.66. The standard InChI is InChI=1S/2C36H40Cl2F3N3O5S.2ClH.4H2S/c2*1-42(32(45)22-36(39,40)41)24-34(26-13-14-28(37)29(38)21-26,43(2)33(46)49-31-12-7-6-11-30(31)48-3)15-8-18-44-19-16-35(17-20-44)27-10-5-4-9-25(27)23-50(35)47;;;;;;/h2*4-7,9-14,21H,8,15-20,22-24H2,1-3H3;2*1H;4*1H2/t2*34-,50?;;;;;;/m11....../s1. The molecule has 6 aromatic rings. The molecule has 0 bridgehead atoms. The van der Waals surface area contributed by atoms with Crippen molar-refractivity contribution in [3.8, 4) is 23.0 Å². The van der Waals surface area contributed by atoms with Crippen LogP contribution < -0.4 is 18.9 Å². The summed E-state index contributed by atoms with van der Waals surface area (Å²) in [5, 5.41) is 0.849. The average Bonchev–Trinajstić information content (AvgIpc) is 1.55. The van der Waals surface area contributed by atoms with Crippen molar-refractivity contribution < 1.29 is 72.9 Å². The van der Waals surface area contributed by atoms with E-state index in [0.717, 1.165) is 46.6 Å². The van der Waals surface area contributed by atoms with Crippen LogP contribution in [0.5, 0.6) is 23.0 Å². The van der Waals surface area contributed by atoms with Gasteiger partial charge < -0.3 is 38.5 Å².